The predicted molar refractivity (Wildman–Crippen MR) is 94.7 cm³/mol. The first kappa shape index (κ1) is 16.1. The third-order valence-corrected chi connectivity index (χ3v) is 5.07. The monoisotopic (exact) mass is 329 g/mol. The summed E-state index contributed by atoms with van der Waals surface area (Å²) in [5.41, 5.74) is 3.20. The Labute approximate surface area is 141 Å². The van der Waals surface area contributed by atoms with Crippen LogP contribution in [0.1, 0.15) is 17.0 Å². The molecule has 122 valence electrons. The molecule has 0 spiro atoms. The molecule has 2 heterocycles. The Morgan fingerprint density at radius 1 is 1.17 bits per heavy atom. The third kappa shape index (κ3) is 4.18. The van der Waals surface area contributed by atoms with Crippen molar-refractivity contribution in [1.82, 2.24) is 14.8 Å². The largest absolute Gasteiger partial charge is 0.341 e. The van der Waals surface area contributed by atoms with Crippen LogP contribution in [-0.4, -0.2) is 53.9 Å². The fourth-order valence-electron chi connectivity index (χ4n) is 2.87. The molecular weight excluding hydrogens is 306 g/mol. The van der Waals surface area contributed by atoms with Crippen LogP contribution in [0.5, 0.6) is 0 Å². The number of rotatable bonds is 3. The molecule has 1 aromatic carbocycles. The van der Waals surface area contributed by atoms with E-state index in [9.17, 15) is 4.79 Å². The van der Waals surface area contributed by atoms with E-state index in [1.165, 1.54) is 0 Å². The predicted octanol–water partition coefficient (Wildman–Crippen LogP) is 2.83. The molecule has 0 aliphatic carbocycles. The van der Waals surface area contributed by atoms with Gasteiger partial charge in [-0.25, -0.2) is 4.98 Å². The van der Waals surface area contributed by atoms with Crippen LogP contribution >= 0.6 is 11.3 Å². The molecule has 1 amide bonds. The lowest BCUT2D eigenvalue weighted by atomic mass is 10.1. The van der Waals surface area contributed by atoms with Crippen LogP contribution in [0.4, 0.5) is 0 Å². The van der Waals surface area contributed by atoms with Crippen molar-refractivity contribution in [3.05, 3.63) is 40.2 Å². The first-order chi connectivity index (χ1) is 11.1. The highest BCUT2D eigenvalue weighted by Gasteiger charge is 2.17. The Kier molecular flexibility index (Phi) is 5.08. The SMILES string of the molecule is Cc1nc(-c2ccc(CC(=O)N3CCCN(C)CC3)cc2)cs1. The lowest BCUT2D eigenvalue weighted by Crippen LogP contribution is -2.35. The molecule has 1 aliphatic heterocycles. The van der Waals surface area contributed by atoms with Gasteiger partial charge in [-0.05, 0) is 32.5 Å². The van der Waals surface area contributed by atoms with Gasteiger partial charge >= 0.3 is 0 Å². The summed E-state index contributed by atoms with van der Waals surface area (Å²) in [6.07, 6.45) is 1.55. The molecule has 1 aromatic heterocycles. The highest BCUT2D eigenvalue weighted by molar-refractivity contribution is 7.09. The maximum Gasteiger partial charge on any atom is 0.227 e. The van der Waals surface area contributed by atoms with Crippen LogP contribution in [0.15, 0.2) is 29.6 Å². The number of aromatic nitrogens is 1. The molecule has 5 heteroatoms. The Hall–Kier alpha value is -1.72. The minimum absolute atomic E-state index is 0.234. The van der Waals surface area contributed by atoms with Crippen molar-refractivity contribution < 1.29 is 4.79 Å². The van der Waals surface area contributed by atoms with Crippen LogP contribution in [0.3, 0.4) is 0 Å². The Bertz CT molecular complexity index is 665. The zero-order valence-electron chi connectivity index (χ0n) is 13.8. The van der Waals surface area contributed by atoms with Crippen LogP contribution < -0.4 is 0 Å². The van der Waals surface area contributed by atoms with Crippen molar-refractivity contribution in [3.63, 3.8) is 0 Å². The topological polar surface area (TPSA) is 36.4 Å². The van der Waals surface area contributed by atoms with E-state index in [4.69, 9.17) is 0 Å². The number of carbonyl (C=O) groups excluding carboxylic acids is 1. The summed E-state index contributed by atoms with van der Waals surface area (Å²) >= 11 is 1.66. The second-order valence-electron chi connectivity index (χ2n) is 6.16. The van der Waals surface area contributed by atoms with E-state index in [0.717, 1.165) is 54.4 Å². The number of hydrogen-bond donors (Lipinski definition) is 0. The number of aryl methyl sites for hydroxylation is 1. The van der Waals surface area contributed by atoms with E-state index in [-0.39, 0.29) is 5.91 Å². The number of benzene rings is 1. The third-order valence-electron chi connectivity index (χ3n) is 4.30. The van der Waals surface area contributed by atoms with Gasteiger partial charge in [0.1, 0.15) is 0 Å². The zero-order valence-corrected chi connectivity index (χ0v) is 14.6. The molecule has 23 heavy (non-hydrogen) atoms. The Morgan fingerprint density at radius 2 is 1.96 bits per heavy atom. The van der Waals surface area contributed by atoms with Gasteiger partial charge in [0.2, 0.25) is 5.91 Å². The Morgan fingerprint density at radius 3 is 2.65 bits per heavy atom. The quantitative estimate of drug-likeness (QED) is 0.869. The average Bonchev–Trinajstić information content (AvgIpc) is 2.85. The molecular formula is C18H23N3OS. The first-order valence-electron chi connectivity index (χ1n) is 8.09. The van der Waals surface area contributed by atoms with E-state index in [1.54, 1.807) is 11.3 Å². The standard InChI is InChI=1S/C18H23N3OS/c1-14-19-17(13-23-14)16-6-4-15(5-7-16)12-18(22)21-9-3-8-20(2)10-11-21/h4-7,13H,3,8-12H2,1-2H3. The number of likely N-dealkylation sites (N-methyl/N-ethyl adjacent to an activating group) is 1. The van der Waals surface area contributed by atoms with Gasteiger partial charge in [-0.2, -0.15) is 0 Å². The summed E-state index contributed by atoms with van der Waals surface area (Å²) in [5, 5.41) is 3.15. The van der Waals surface area contributed by atoms with Crippen molar-refractivity contribution in [2.45, 2.75) is 19.8 Å². The van der Waals surface area contributed by atoms with Gasteiger partial charge in [-0.3, -0.25) is 4.79 Å². The summed E-state index contributed by atoms with van der Waals surface area (Å²) in [4.78, 5) is 21.3. The second kappa shape index (κ2) is 7.23. The summed E-state index contributed by atoms with van der Waals surface area (Å²) < 4.78 is 0. The van der Waals surface area contributed by atoms with Gasteiger partial charge in [0.15, 0.2) is 0 Å². The van der Waals surface area contributed by atoms with E-state index < -0.39 is 0 Å². The van der Waals surface area contributed by atoms with E-state index in [2.05, 4.69) is 34.4 Å². The zero-order chi connectivity index (χ0) is 16.2. The minimum atomic E-state index is 0.234. The molecule has 0 bridgehead atoms. The fraction of sp³-hybridized carbons (Fsp3) is 0.444. The first-order valence-corrected chi connectivity index (χ1v) is 8.97. The molecule has 0 N–H and O–H groups in total. The van der Waals surface area contributed by atoms with Gasteiger partial charge in [0.25, 0.3) is 0 Å². The number of amides is 1. The van der Waals surface area contributed by atoms with Gasteiger partial charge in [-0.15, -0.1) is 11.3 Å². The maximum absolute atomic E-state index is 12.5. The average molecular weight is 329 g/mol. The molecule has 0 saturated carbocycles. The van der Waals surface area contributed by atoms with Crippen molar-refractivity contribution in [2.75, 3.05) is 33.2 Å². The maximum atomic E-state index is 12.5. The fourth-order valence-corrected chi connectivity index (χ4v) is 3.49. The van der Waals surface area contributed by atoms with Crippen molar-refractivity contribution in [1.29, 1.82) is 0 Å². The van der Waals surface area contributed by atoms with E-state index in [1.807, 2.05) is 24.0 Å². The number of nitrogens with zero attached hydrogens (tertiary/aromatic N) is 3. The van der Waals surface area contributed by atoms with Gasteiger partial charge < -0.3 is 9.80 Å². The second-order valence-corrected chi connectivity index (χ2v) is 7.23. The van der Waals surface area contributed by atoms with Crippen molar-refractivity contribution in [2.24, 2.45) is 0 Å². The van der Waals surface area contributed by atoms with Gasteiger partial charge in [-0.1, -0.05) is 24.3 Å². The van der Waals surface area contributed by atoms with E-state index in [0.29, 0.717) is 6.42 Å². The summed E-state index contributed by atoms with van der Waals surface area (Å²) in [6.45, 7) is 5.77. The molecule has 0 atom stereocenters. The molecule has 3 rings (SSSR count). The minimum Gasteiger partial charge on any atom is -0.341 e. The normalized spacial score (nSPS) is 16.3. The molecule has 4 nitrogen and oxygen atoms in total. The molecule has 1 aliphatic rings. The highest BCUT2D eigenvalue weighted by atomic mass is 32.1. The molecule has 0 radical (unpaired) electrons. The molecule has 1 saturated heterocycles. The Balaban J connectivity index is 1.62. The molecule has 2 aromatic rings. The number of thiazole rings is 1. The van der Waals surface area contributed by atoms with E-state index >= 15 is 0 Å². The van der Waals surface area contributed by atoms with Crippen LogP contribution in [0.2, 0.25) is 0 Å². The van der Waals surface area contributed by atoms with Crippen molar-refractivity contribution >= 4 is 17.2 Å². The van der Waals surface area contributed by atoms with Crippen LogP contribution in [0.25, 0.3) is 11.3 Å². The van der Waals surface area contributed by atoms with Gasteiger partial charge in [0, 0.05) is 30.6 Å². The lowest BCUT2D eigenvalue weighted by Gasteiger charge is -2.20. The molecule has 1 fully saturated rings. The number of carbonyl (C=O) groups is 1. The number of hydrogen-bond acceptors (Lipinski definition) is 4. The summed E-state index contributed by atoms with van der Waals surface area (Å²) in [7, 11) is 2.12. The molecule has 0 unspecified atom stereocenters. The smallest absolute Gasteiger partial charge is 0.227 e. The highest BCUT2D eigenvalue weighted by Crippen LogP contribution is 2.22. The van der Waals surface area contributed by atoms with Crippen molar-refractivity contribution in [3.8, 4) is 11.3 Å². The lowest BCUT2D eigenvalue weighted by molar-refractivity contribution is -0.130. The van der Waals surface area contributed by atoms with Crippen LogP contribution in [0, 0.1) is 6.92 Å². The van der Waals surface area contributed by atoms with Crippen LogP contribution in [-0.2, 0) is 11.2 Å². The summed E-state index contributed by atoms with van der Waals surface area (Å²) in [5.74, 6) is 0.234. The summed E-state index contributed by atoms with van der Waals surface area (Å²) in [6, 6.07) is 8.22. The van der Waals surface area contributed by atoms with Gasteiger partial charge in [0.05, 0.1) is 17.1 Å².